The number of thiophene rings is 1. The van der Waals surface area contributed by atoms with Crippen molar-refractivity contribution in [2.75, 3.05) is 12.4 Å². The van der Waals surface area contributed by atoms with Crippen LogP contribution in [0.25, 0.3) is 20.7 Å². The van der Waals surface area contributed by atoms with Crippen molar-refractivity contribution in [1.82, 2.24) is 9.55 Å². The number of hydrogen-bond acceptors (Lipinski definition) is 5. The molecule has 0 aliphatic rings. The molecule has 0 spiro atoms. The third-order valence-corrected chi connectivity index (χ3v) is 6.00. The van der Waals surface area contributed by atoms with Crippen molar-refractivity contribution in [3.8, 4) is 16.2 Å². The fraction of sp³-hybridized carbons (Fsp3) is 0.174. The van der Waals surface area contributed by atoms with E-state index in [1.165, 1.54) is 27.8 Å². The number of hydrogen-bond donors (Lipinski definition) is 1. The second kappa shape index (κ2) is 8.51. The SMILES string of the molecule is CCc1ccc(NC(=O)Cn2cnc3cc(-c4ccc(OC)cc4)sc3c2=O)cc1. The van der Waals surface area contributed by atoms with Gasteiger partial charge in [0.2, 0.25) is 5.91 Å². The molecule has 0 fully saturated rings. The lowest BCUT2D eigenvalue weighted by molar-refractivity contribution is -0.116. The summed E-state index contributed by atoms with van der Waals surface area (Å²) in [6.07, 6.45) is 2.36. The smallest absolute Gasteiger partial charge is 0.271 e. The van der Waals surface area contributed by atoms with Gasteiger partial charge in [0.05, 0.1) is 19.0 Å². The number of amides is 1. The minimum absolute atomic E-state index is 0.0902. The van der Waals surface area contributed by atoms with Crippen LogP contribution in [-0.2, 0) is 17.8 Å². The number of ether oxygens (including phenoxy) is 1. The van der Waals surface area contributed by atoms with E-state index < -0.39 is 0 Å². The molecule has 1 amide bonds. The Kier molecular flexibility index (Phi) is 5.63. The number of benzene rings is 2. The third-order valence-electron chi connectivity index (χ3n) is 4.84. The van der Waals surface area contributed by atoms with E-state index in [1.54, 1.807) is 7.11 Å². The molecule has 0 aliphatic heterocycles. The van der Waals surface area contributed by atoms with Crippen LogP contribution >= 0.6 is 11.3 Å². The lowest BCUT2D eigenvalue weighted by atomic mass is 10.1. The number of anilines is 1. The summed E-state index contributed by atoms with van der Waals surface area (Å²) in [6.45, 7) is 1.99. The van der Waals surface area contributed by atoms with E-state index >= 15 is 0 Å². The number of carbonyl (C=O) groups is 1. The van der Waals surface area contributed by atoms with E-state index in [-0.39, 0.29) is 18.0 Å². The quantitative estimate of drug-likeness (QED) is 0.505. The van der Waals surface area contributed by atoms with Gasteiger partial charge in [0, 0.05) is 10.6 Å². The maximum Gasteiger partial charge on any atom is 0.271 e. The lowest BCUT2D eigenvalue weighted by Gasteiger charge is -2.07. The highest BCUT2D eigenvalue weighted by Gasteiger charge is 2.13. The van der Waals surface area contributed by atoms with Gasteiger partial charge in [-0.1, -0.05) is 19.1 Å². The van der Waals surface area contributed by atoms with Crippen molar-refractivity contribution < 1.29 is 9.53 Å². The predicted octanol–water partition coefficient (Wildman–Crippen LogP) is 4.33. The maximum atomic E-state index is 12.9. The zero-order valence-electron chi connectivity index (χ0n) is 16.7. The van der Waals surface area contributed by atoms with Gasteiger partial charge in [-0.25, -0.2) is 4.98 Å². The van der Waals surface area contributed by atoms with Crippen molar-refractivity contribution in [3.63, 3.8) is 0 Å². The molecule has 0 saturated heterocycles. The molecule has 0 radical (unpaired) electrons. The molecule has 6 nitrogen and oxygen atoms in total. The van der Waals surface area contributed by atoms with Gasteiger partial charge >= 0.3 is 0 Å². The molecular formula is C23H21N3O3S. The second-order valence-electron chi connectivity index (χ2n) is 6.83. The molecule has 7 heteroatoms. The molecule has 0 atom stereocenters. The Morgan fingerprint density at radius 3 is 2.53 bits per heavy atom. The first-order valence-electron chi connectivity index (χ1n) is 9.59. The summed E-state index contributed by atoms with van der Waals surface area (Å²) in [6, 6.07) is 17.2. The zero-order chi connectivity index (χ0) is 21.1. The Hall–Kier alpha value is -3.45. The molecule has 0 saturated carbocycles. The molecule has 4 aromatic rings. The Labute approximate surface area is 177 Å². The molecule has 2 aromatic heterocycles. The molecular weight excluding hydrogens is 398 g/mol. The fourth-order valence-corrected chi connectivity index (χ4v) is 4.20. The number of aromatic nitrogens is 2. The van der Waals surface area contributed by atoms with E-state index in [1.807, 2.05) is 54.6 Å². The fourth-order valence-electron chi connectivity index (χ4n) is 3.13. The summed E-state index contributed by atoms with van der Waals surface area (Å²) in [5, 5.41) is 2.82. The largest absolute Gasteiger partial charge is 0.497 e. The van der Waals surface area contributed by atoms with Crippen LogP contribution in [0.2, 0.25) is 0 Å². The normalized spacial score (nSPS) is 10.9. The molecule has 30 heavy (non-hydrogen) atoms. The van der Waals surface area contributed by atoms with E-state index in [2.05, 4.69) is 17.2 Å². The minimum Gasteiger partial charge on any atom is -0.497 e. The molecule has 152 valence electrons. The summed E-state index contributed by atoms with van der Waals surface area (Å²) in [5.74, 6) is 0.505. The topological polar surface area (TPSA) is 73.2 Å². The first-order chi connectivity index (χ1) is 14.6. The van der Waals surface area contributed by atoms with Crippen LogP contribution < -0.4 is 15.6 Å². The van der Waals surface area contributed by atoms with Gasteiger partial charge in [-0.05, 0) is 60.0 Å². The first kappa shape index (κ1) is 19.8. The first-order valence-corrected chi connectivity index (χ1v) is 10.4. The Morgan fingerprint density at radius 2 is 1.87 bits per heavy atom. The van der Waals surface area contributed by atoms with Gasteiger partial charge in [-0.15, -0.1) is 11.3 Å². The van der Waals surface area contributed by atoms with E-state index in [4.69, 9.17) is 4.74 Å². The molecule has 2 aromatic carbocycles. The van der Waals surface area contributed by atoms with Gasteiger partial charge in [-0.2, -0.15) is 0 Å². The highest BCUT2D eigenvalue weighted by atomic mass is 32.1. The van der Waals surface area contributed by atoms with Crippen molar-refractivity contribution in [2.24, 2.45) is 0 Å². The molecule has 0 aliphatic carbocycles. The van der Waals surface area contributed by atoms with Crippen LogP contribution in [0.5, 0.6) is 5.75 Å². The van der Waals surface area contributed by atoms with Gasteiger partial charge in [0.15, 0.2) is 0 Å². The highest BCUT2D eigenvalue weighted by Crippen LogP contribution is 2.31. The van der Waals surface area contributed by atoms with E-state index in [0.717, 1.165) is 22.6 Å². The third kappa shape index (κ3) is 4.11. The Balaban J connectivity index is 1.55. The average molecular weight is 420 g/mol. The van der Waals surface area contributed by atoms with Crippen molar-refractivity contribution >= 4 is 33.1 Å². The summed E-state index contributed by atoms with van der Waals surface area (Å²) < 4.78 is 7.06. The van der Waals surface area contributed by atoms with Gasteiger partial charge in [-0.3, -0.25) is 14.2 Å². The Bertz CT molecular complexity index is 1240. The van der Waals surface area contributed by atoms with Crippen LogP contribution in [0.4, 0.5) is 5.69 Å². The minimum atomic E-state index is -0.269. The number of nitrogens with zero attached hydrogens (tertiary/aromatic N) is 2. The molecule has 4 rings (SSSR count). The zero-order valence-corrected chi connectivity index (χ0v) is 17.5. The van der Waals surface area contributed by atoms with Crippen LogP contribution in [0.1, 0.15) is 12.5 Å². The summed E-state index contributed by atoms with van der Waals surface area (Å²) in [7, 11) is 1.62. The molecule has 0 unspecified atom stereocenters. The summed E-state index contributed by atoms with van der Waals surface area (Å²) >= 11 is 1.37. The van der Waals surface area contributed by atoms with Crippen LogP contribution in [0.3, 0.4) is 0 Å². The number of carbonyl (C=O) groups excluding carboxylic acids is 1. The predicted molar refractivity (Wildman–Crippen MR) is 120 cm³/mol. The number of methoxy groups -OCH3 is 1. The standard InChI is InChI=1S/C23H21N3O3S/c1-3-15-4-8-17(9-5-15)25-21(27)13-26-14-24-19-12-20(30-22(19)23(26)28)16-6-10-18(29-2)11-7-16/h4-12,14H,3,13H2,1-2H3,(H,25,27). The van der Waals surface area contributed by atoms with Crippen LogP contribution in [0.15, 0.2) is 65.7 Å². The number of fused-ring (bicyclic) bond motifs is 1. The molecule has 1 N–H and O–H groups in total. The number of aryl methyl sites for hydroxylation is 1. The lowest BCUT2D eigenvalue weighted by Crippen LogP contribution is -2.27. The average Bonchev–Trinajstić information content (AvgIpc) is 3.21. The van der Waals surface area contributed by atoms with Gasteiger partial charge in [0.1, 0.15) is 17.0 Å². The van der Waals surface area contributed by atoms with Gasteiger partial charge in [0.25, 0.3) is 5.56 Å². The van der Waals surface area contributed by atoms with Crippen molar-refractivity contribution in [2.45, 2.75) is 19.9 Å². The van der Waals surface area contributed by atoms with Crippen molar-refractivity contribution in [1.29, 1.82) is 0 Å². The summed E-state index contributed by atoms with van der Waals surface area (Å²) in [5.41, 5.74) is 3.29. The van der Waals surface area contributed by atoms with E-state index in [0.29, 0.717) is 15.9 Å². The monoisotopic (exact) mass is 419 g/mol. The summed E-state index contributed by atoms with van der Waals surface area (Å²) in [4.78, 5) is 30.6. The van der Waals surface area contributed by atoms with E-state index in [9.17, 15) is 9.59 Å². The highest BCUT2D eigenvalue weighted by molar-refractivity contribution is 7.22. The van der Waals surface area contributed by atoms with Crippen LogP contribution in [0, 0.1) is 0 Å². The number of rotatable bonds is 6. The maximum absolute atomic E-state index is 12.9. The second-order valence-corrected chi connectivity index (χ2v) is 7.88. The molecule has 2 heterocycles. The van der Waals surface area contributed by atoms with Crippen molar-refractivity contribution in [3.05, 3.63) is 76.8 Å². The van der Waals surface area contributed by atoms with Gasteiger partial charge < -0.3 is 10.1 Å². The Morgan fingerprint density at radius 1 is 1.13 bits per heavy atom. The molecule has 0 bridgehead atoms. The van der Waals surface area contributed by atoms with Crippen LogP contribution in [-0.4, -0.2) is 22.6 Å². The number of nitrogens with one attached hydrogen (secondary N) is 1.